The number of imide groups is 2. The van der Waals surface area contributed by atoms with Crippen molar-refractivity contribution in [3.05, 3.63) is 105 Å². The number of ether oxygens (including phenoxy) is 1. The molecule has 0 aliphatic carbocycles. The van der Waals surface area contributed by atoms with E-state index in [1.54, 1.807) is 12.1 Å². The van der Waals surface area contributed by atoms with Crippen molar-refractivity contribution in [2.75, 3.05) is 12.0 Å². The number of nitrogens with one attached hydrogen (secondary N) is 1. The van der Waals surface area contributed by atoms with Crippen LogP contribution in [-0.2, 0) is 20.7 Å². The van der Waals surface area contributed by atoms with Gasteiger partial charge in [-0.3, -0.25) is 14.9 Å². The van der Waals surface area contributed by atoms with Gasteiger partial charge in [0.25, 0.3) is 11.8 Å². The average Bonchev–Trinajstić information content (AvgIpc) is 2.82. The minimum atomic E-state index is -0.880. The fraction of sp³-hybridized carbons (Fsp3) is 0.143. The number of carbonyl (C=O) groups excluding carboxylic acids is 4. The second-order valence-corrected chi connectivity index (χ2v) is 8.95. The third-order valence-electron chi connectivity index (χ3n) is 5.73. The summed E-state index contributed by atoms with van der Waals surface area (Å²) in [5.41, 5.74) is 5.05. The fourth-order valence-corrected chi connectivity index (χ4v) is 4.34. The first-order valence-electron chi connectivity index (χ1n) is 11.1. The van der Waals surface area contributed by atoms with Gasteiger partial charge in [0.05, 0.1) is 18.4 Å². The lowest BCUT2D eigenvalue weighted by molar-refractivity contribution is -0.122. The summed E-state index contributed by atoms with van der Waals surface area (Å²) in [4.78, 5) is 51.1. The molecule has 1 aliphatic rings. The number of aryl methyl sites for hydroxylation is 2. The Labute approximate surface area is 213 Å². The average molecular weight is 503 g/mol. The number of esters is 1. The number of methoxy groups -OCH3 is 1. The molecule has 36 heavy (non-hydrogen) atoms. The Morgan fingerprint density at radius 2 is 1.64 bits per heavy atom. The smallest absolute Gasteiger partial charge is 0.337 e. The van der Waals surface area contributed by atoms with Crippen LogP contribution in [0.4, 0.5) is 10.5 Å². The molecule has 1 heterocycles. The molecule has 3 aromatic rings. The van der Waals surface area contributed by atoms with Crippen molar-refractivity contribution in [2.45, 2.75) is 20.3 Å². The predicted octanol–water partition coefficient (Wildman–Crippen LogP) is 5.00. The van der Waals surface area contributed by atoms with E-state index in [2.05, 4.69) is 28.3 Å². The first-order chi connectivity index (χ1) is 17.2. The summed E-state index contributed by atoms with van der Waals surface area (Å²) in [5.74, 6) is -2.14. The Morgan fingerprint density at radius 1 is 0.972 bits per heavy atom. The quantitative estimate of drug-likeness (QED) is 0.301. The highest BCUT2D eigenvalue weighted by Crippen LogP contribution is 2.26. The minimum absolute atomic E-state index is 0.199. The number of nitrogens with zero attached hydrogens (tertiary/aromatic N) is 1. The molecule has 1 fully saturated rings. The van der Waals surface area contributed by atoms with Gasteiger partial charge in [0.2, 0.25) is 0 Å². The third kappa shape index (κ3) is 5.21. The highest BCUT2D eigenvalue weighted by molar-refractivity contribution is 6.39. The van der Waals surface area contributed by atoms with Crippen LogP contribution in [0, 0.1) is 13.8 Å². The number of amides is 4. The van der Waals surface area contributed by atoms with Gasteiger partial charge in [0, 0.05) is 5.02 Å². The largest absolute Gasteiger partial charge is 0.465 e. The Morgan fingerprint density at radius 3 is 2.28 bits per heavy atom. The van der Waals surface area contributed by atoms with Crippen LogP contribution in [0.3, 0.4) is 0 Å². The second kappa shape index (κ2) is 10.2. The van der Waals surface area contributed by atoms with E-state index in [0.29, 0.717) is 17.0 Å². The van der Waals surface area contributed by atoms with E-state index in [1.165, 1.54) is 37.5 Å². The van der Waals surface area contributed by atoms with E-state index in [-0.39, 0.29) is 16.8 Å². The zero-order valence-electron chi connectivity index (χ0n) is 19.9. The van der Waals surface area contributed by atoms with Gasteiger partial charge < -0.3 is 4.74 Å². The van der Waals surface area contributed by atoms with E-state index < -0.39 is 23.8 Å². The maximum Gasteiger partial charge on any atom is 0.337 e. The van der Waals surface area contributed by atoms with Crippen LogP contribution < -0.4 is 10.2 Å². The molecule has 0 spiro atoms. The number of benzene rings is 3. The van der Waals surface area contributed by atoms with Crippen molar-refractivity contribution in [1.29, 1.82) is 0 Å². The molecule has 7 nitrogen and oxygen atoms in total. The van der Waals surface area contributed by atoms with Crippen molar-refractivity contribution in [3.63, 3.8) is 0 Å². The zero-order chi connectivity index (χ0) is 26.0. The molecule has 0 unspecified atom stereocenters. The van der Waals surface area contributed by atoms with Crippen LogP contribution >= 0.6 is 11.6 Å². The lowest BCUT2D eigenvalue weighted by atomic mass is 9.95. The highest BCUT2D eigenvalue weighted by Gasteiger charge is 2.37. The SMILES string of the molecule is COC(=O)c1ccc(N2C(=O)NC(=O)/C(=C\c3cc(Cl)ccc3Cc3cc(C)cc(C)c3)C2=O)cc1. The van der Waals surface area contributed by atoms with E-state index in [9.17, 15) is 19.2 Å². The number of barbiturate groups is 1. The van der Waals surface area contributed by atoms with E-state index >= 15 is 0 Å². The molecule has 8 heteroatoms. The standard InChI is InChI=1S/C28H23ClN2O5/c1-16-10-17(2)12-18(11-16)13-20-4-7-22(29)14-21(20)15-24-25(32)30-28(35)31(26(24)33)23-8-5-19(6-9-23)27(34)36-3/h4-12,14-15H,13H2,1-3H3,(H,30,32,35)/b24-15+. The van der Waals surface area contributed by atoms with Gasteiger partial charge in [-0.2, -0.15) is 0 Å². The summed E-state index contributed by atoms with van der Waals surface area (Å²) in [7, 11) is 1.25. The van der Waals surface area contributed by atoms with Crippen molar-refractivity contribution in [3.8, 4) is 0 Å². The molecular weight excluding hydrogens is 480 g/mol. The maximum atomic E-state index is 13.3. The molecule has 4 amide bonds. The first kappa shape index (κ1) is 24.9. The Kier molecular flexibility index (Phi) is 7.03. The van der Waals surface area contributed by atoms with Gasteiger partial charge in [-0.25, -0.2) is 14.5 Å². The van der Waals surface area contributed by atoms with Crippen LogP contribution in [-0.4, -0.2) is 30.9 Å². The van der Waals surface area contributed by atoms with Crippen LogP contribution in [0.2, 0.25) is 5.02 Å². The molecule has 4 rings (SSSR count). The Balaban J connectivity index is 1.71. The van der Waals surface area contributed by atoms with Gasteiger partial charge in [0.1, 0.15) is 5.57 Å². The van der Waals surface area contributed by atoms with Gasteiger partial charge in [-0.1, -0.05) is 47.0 Å². The topological polar surface area (TPSA) is 92.8 Å². The van der Waals surface area contributed by atoms with Crippen LogP contribution in [0.5, 0.6) is 0 Å². The molecule has 0 bridgehead atoms. The first-order valence-corrected chi connectivity index (χ1v) is 11.5. The molecule has 1 saturated heterocycles. The summed E-state index contributed by atoms with van der Waals surface area (Å²) in [5, 5.41) is 2.66. The number of hydrogen-bond acceptors (Lipinski definition) is 5. The summed E-state index contributed by atoms with van der Waals surface area (Å²) in [6.45, 7) is 4.05. The number of carbonyl (C=O) groups is 4. The van der Waals surface area contributed by atoms with Crippen LogP contribution in [0.1, 0.15) is 38.2 Å². The molecule has 1 N–H and O–H groups in total. The fourth-order valence-electron chi connectivity index (χ4n) is 4.16. The molecule has 0 atom stereocenters. The molecule has 0 aromatic heterocycles. The predicted molar refractivity (Wildman–Crippen MR) is 137 cm³/mol. The van der Waals surface area contributed by atoms with Gasteiger partial charge in [0.15, 0.2) is 0 Å². The number of halogens is 1. The lowest BCUT2D eigenvalue weighted by Gasteiger charge is -2.26. The van der Waals surface area contributed by atoms with Crippen molar-refractivity contribution < 1.29 is 23.9 Å². The summed E-state index contributed by atoms with van der Waals surface area (Å²) >= 11 is 6.24. The molecule has 182 valence electrons. The van der Waals surface area contributed by atoms with Crippen LogP contribution in [0.15, 0.2) is 66.2 Å². The van der Waals surface area contributed by atoms with E-state index in [1.807, 2.05) is 19.9 Å². The molecule has 1 aliphatic heterocycles. The summed E-state index contributed by atoms with van der Waals surface area (Å²) < 4.78 is 4.67. The monoisotopic (exact) mass is 502 g/mol. The van der Waals surface area contributed by atoms with Gasteiger partial charge in [-0.15, -0.1) is 0 Å². The highest BCUT2D eigenvalue weighted by atomic mass is 35.5. The Bertz CT molecular complexity index is 1410. The normalized spacial score (nSPS) is 14.7. The van der Waals surface area contributed by atoms with Crippen molar-refractivity contribution >= 4 is 47.2 Å². The molecule has 0 saturated carbocycles. The molecular formula is C28H23ClN2O5. The van der Waals surface area contributed by atoms with E-state index in [0.717, 1.165) is 27.2 Å². The van der Waals surface area contributed by atoms with Crippen molar-refractivity contribution in [2.24, 2.45) is 0 Å². The summed E-state index contributed by atoms with van der Waals surface area (Å²) in [6.07, 6.45) is 2.01. The Hall–Kier alpha value is -4.23. The number of rotatable bonds is 5. The number of anilines is 1. The van der Waals surface area contributed by atoms with E-state index in [4.69, 9.17) is 11.6 Å². The van der Waals surface area contributed by atoms with Gasteiger partial charge >= 0.3 is 12.0 Å². The third-order valence-corrected chi connectivity index (χ3v) is 5.97. The zero-order valence-corrected chi connectivity index (χ0v) is 20.7. The molecule has 0 radical (unpaired) electrons. The lowest BCUT2D eigenvalue weighted by Crippen LogP contribution is -2.54. The van der Waals surface area contributed by atoms with Crippen molar-refractivity contribution in [1.82, 2.24) is 5.32 Å². The number of urea groups is 1. The van der Waals surface area contributed by atoms with Crippen LogP contribution in [0.25, 0.3) is 6.08 Å². The second-order valence-electron chi connectivity index (χ2n) is 8.51. The number of hydrogen-bond donors (Lipinski definition) is 1. The minimum Gasteiger partial charge on any atom is -0.465 e. The summed E-state index contributed by atoms with van der Waals surface area (Å²) in [6, 6.07) is 16.4. The molecule has 3 aromatic carbocycles. The van der Waals surface area contributed by atoms with Gasteiger partial charge in [-0.05, 0) is 79.4 Å². The maximum absolute atomic E-state index is 13.3.